The molecular weight excluding hydrogens is 235 g/mol. The van der Waals surface area contributed by atoms with Crippen molar-refractivity contribution in [2.75, 3.05) is 6.61 Å². The van der Waals surface area contributed by atoms with Gasteiger partial charge < -0.3 is 4.74 Å². The molecule has 0 aromatic heterocycles. The van der Waals surface area contributed by atoms with Gasteiger partial charge in [-0.05, 0) is 12.3 Å². The minimum Gasteiger partial charge on any atom is -0.465 e. The number of esters is 1. The lowest BCUT2D eigenvalue weighted by atomic mass is 9.26. The van der Waals surface area contributed by atoms with Crippen LogP contribution in [-0.2, 0) is 9.53 Å². The lowest BCUT2D eigenvalue weighted by Gasteiger charge is -2.40. The van der Waals surface area contributed by atoms with Crippen LogP contribution in [0.1, 0.15) is 65.2 Å². The van der Waals surface area contributed by atoms with Crippen molar-refractivity contribution in [3.05, 3.63) is 0 Å². The van der Waals surface area contributed by atoms with Gasteiger partial charge in [-0.25, -0.2) is 0 Å². The molecular formula is C16H29BO2. The highest BCUT2D eigenvalue weighted by molar-refractivity contribution is 6.62. The predicted molar refractivity (Wildman–Crippen MR) is 80.8 cm³/mol. The molecule has 108 valence electrons. The molecule has 2 rings (SSSR count). The lowest BCUT2D eigenvalue weighted by Crippen LogP contribution is -2.34. The summed E-state index contributed by atoms with van der Waals surface area (Å²) in [6, 6.07) is 0. The van der Waals surface area contributed by atoms with E-state index in [1.807, 2.05) is 0 Å². The van der Waals surface area contributed by atoms with E-state index >= 15 is 0 Å². The zero-order chi connectivity index (χ0) is 13.7. The molecule has 2 aliphatic rings. The molecule has 2 aliphatic heterocycles. The van der Waals surface area contributed by atoms with Crippen LogP contribution in [0.4, 0.5) is 0 Å². The highest BCUT2D eigenvalue weighted by atomic mass is 16.5. The Balaban J connectivity index is 1.66. The van der Waals surface area contributed by atoms with Crippen molar-refractivity contribution in [2.45, 2.75) is 83.2 Å². The molecule has 0 aliphatic carbocycles. The number of fused-ring (bicyclic) bond motifs is 2. The molecule has 2 fully saturated rings. The van der Waals surface area contributed by atoms with Crippen LogP contribution in [0.3, 0.4) is 0 Å². The van der Waals surface area contributed by atoms with Gasteiger partial charge in [0.15, 0.2) is 0 Å². The van der Waals surface area contributed by atoms with Gasteiger partial charge in [-0.15, -0.1) is 0 Å². The highest BCUT2D eigenvalue weighted by Crippen LogP contribution is 2.48. The van der Waals surface area contributed by atoms with E-state index in [-0.39, 0.29) is 5.97 Å². The zero-order valence-electron chi connectivity index (χ0n) is 12.7. The van der Waals surface area contributed by atoms with E-state index in [1.165, 1.54) is 44.8 Å². The number of hydrogen-bond donors (Lipinski definition) is 0. The molecule has 2 heterocycles. The van der Waals surface area contributed by atoms with E-state index in [0.29, 0.717) is 18.9 Å². The Bertz CT molecular complexity index is 268. The van der Waals surface area contributed by atoms with Crippen LogP contribution in [-0.4, -0.2) is 19.3 Å². The number of ether oxygens (including phenoxy) is 1. The van der Waals surface area contributed by atoms with Gasteiger partial charge in [0.05, 0.1) is 6.61 Å². The number of hydrogen-bond acceptors (Lipinski definition) is 2. The maximum atomic E-state index is 11.6. The Morgan fingerprint density at radius 3 is 2.26 bits per heavy atom. The van der Waals surface area contributed by atoms with Gasteiger partial charge in [0.2, 0.25) is 0 Å². The minimum absolute atomic E-state index is 0.00895. The fourth-order valence-electron chi connectivity index (χ4n) is 4.10. The van der Waals surface area contributed by atoms with Crippen molar-refractivity contribution in [1.29, 1.82) is 0 Å². The summed E-state index contributed by atoms with van der Waals surface area (Å²) < 4.78 is 5.25. The smallest absolute Gasteiger partial charge is 0.305 e. The molecule has 2 nitrogen and oxygen atoms in total. The Labute approximate surface area is 118 Å². The fourth-order valence-corrected chi connectivity index (χ4v) is 4.10. The maximum Gasteiger partial charge on any atom is 0.305 e. The molecule has 3 heteroatoms. The van der Waals surface area contributed by atoms with Gasteiger partial charge >= 0.3 is 5.97 Å². The number of rotatable bonds is 6. The van der Waals surface area contributed by atoms with E-state index in [2.05, 4.69) is 13.8 Å². The predicted octanol–water partition coefficient (Wildman–Crippen LogP) is 4.57. The Kier molecular flexibility index (Phi) is 5.78. The van der Waals surface area contributed by atoms with Gasteiger partial charge in [0.25, 0.3) is 0 Å². The standard InChI is InChI=1S/C16H29BO2/c1-13(2)12-19-16(18)10-5-11-17-14-6-3-7-15(17)9-4-8-14/h13-15H,3-12H2,1-2H3. The Hall–Kier alpha value is -0.465. The lowest BCUT2D eigenvalue weighted by molar-refractivity contribution is -0.144. The summed E-state index contributed by atoms with van der Waals surface area (Å²) in [7, 11) is 0. The average molecular weight is 264 g/mol. The Morgan fingerprint density at radius 2 is 1.74 bits per heavy atom. The Morgan fingerprint density at radius 1 is 1.16 bits per heavy atom. The van der Waals surface area contributed by atoms with Crippen LogP contribution < -0.4 is 0 Å². The number of carbonyl (C=O) groups excluding carboxylic acids is 1. The van der Waals surface area contributed by atoms with E-state index in [1.54, 1.807) is 0 Å². The molecule has 0 N–H and O–H groups in total. The van der Waals surface area contributed by atoms with Crippen molar-refractivity contribution < 1.29 is 9.53 Å². The maximum absolute atomic E-state index is 11.6. The first kappa shape index (κ1) is 14.9. The summed E-state index contributed by atoms with van der Waals surface area (Å²) in [4.78, 5) is 11.6. The second kappa shape index (κ2) is 7.35. The summed E-state index contributed by atoms with van der Waals surface area (Å²) in [5.74, 6) is 2.40. The molecule has 2 saturated heterocycles. The van der Waals surface area contributed by atoms with Crippen molar-refractivity contribution in [3.63, 3.8) is 0 Å². The molecule has 2 bridgehead atoms. The normalized spacial score (nSPS) is 26.6. The van der Waals surface area contributed by atoms with Crippen LogP contribution in [0.25, 0.3) is 0 Å². The first-order valence-electron chi connectivity index (χ1n) is 8.32. The van der Waals surface area contributed by atoms with Crippen LogP contribution in [0.5, 0.6) is 0 Å². The first-order valence-corrected chi connectivity index (χ1v) is 8.32. The third-order valence-corrected chi connectivity index (χ3v) is 5.01. The average Bonchev–Trinajstić information content (AvgIpc) is 2.36. The van der Waals surface area contributed by atoms with Gasteiger partial charge in [-0.3, -0.25) is 4.79 Å². The molecule has 0 aromatic rings. The first-order chi connectivity index (χ1) is 9.16. The van der Waals surface area contributed by atoms with Gasteiger partial charge in [-0.1, -0.05) is 70.3 Å². The topological polar surface area (TPSA) is 26.3 Å². The fraction of sp³-hybridized carbons (Fsp3) is 0.938. The second-order valence-corrected chi connectivity index (χ2v) is 7.01. The van der Waals surface area contributed by atoms with Crippen LogP contribution in [0, 0.1) is 5.92 Å². The third kappa shape index (κ3) is 4.54. The molecule has 0 spiro atoms. The zero-order valence-corrected chi connectivity index (χ0v) is 12.7. The van der Waals surface area contributed by atoms with E-state index in [4.69, 9.17) is 4.74 Å². The van der Waals surface area contributed by atoms with Crippen LogP contribution >= 0.6 is 0 Å². The highest BCUT2D eigenvalue weighted by Gasteiger charge is 2.38. The van der Waals surface area contributed by atoms with E-state index < -0.39 is 0 Å². The summed E-state index contributed by atoms with van der Waals surface area (Å²) in [6.07, 6.45) is 11.6. The largest absolute Gasteiger partial charge is 0.465 e. The van der Waals surface area contributed by atoms with E-state index in [0.717, 1.165) is 24.8 Å². The van der Waals surface area contributed by atoms with Crippen molar-refractivity contribution >= 4 is 12.7 Å². The summed E-state index contributed by atoms with van der Waals surface area (Å²) in [5, 5.41) is 0. The second-order valence-electron chi connectivity index (χ2n) is 7.01. The van der Waals surface area contributed by atoms with Crippen molar-refractivity contribution in [2.24, 2.45) is 5.92 Å². The molecule has 0 radical (unpaired) electrons. The SMILES string of the molecule is CC(C)COC(=O)CCCB1C2CCCC1CCC2. The molecule has 0 amide bonds. The van der Waals surface area contributed by atoms with E-state index in [9.17, 15) is 4.79 Å². The van der Waals surface area contributed by atoms with Crippen LogP contribution in [0.15, 0.2) is 0 Å². The van der Waals surface area contributed by atoms with Crippen molar-refractivity contribution in [1.82, 2.24) is 0 Å². The monoisotopic (exact) mass is 264 g/mol. The molecule has 0 saturated carbocycles. The van der Waals surface area contributed by atoms with Crippen LogP contribution in [0.2, 0.25) is 18.0 Å². The summed E-state index contributed by atoms with van der Waals surface area (Å²) in [5.41, 5.74) is 0. The van der Waals surface area contributed by atoms with Gasteiger partial charge in [-0.2, -0.15) is 0 Å². The third-order valence-electron chi connectivity index (χ3n) is 5.01. The minimum atomic E-state index is 0.00895. The molecule has 0 aromatic carbocycles. The summed E-state index contributed by atoms with van der Waals surface area (Å²) in [6.45, 7) is 5.65. The molecule has 0 atom stereocenters. The van der Waals surface area contributed by atoms with Gasteiger partial charge in [0, 0.05) is 6.42 Å². The molecule has 19 heavy (non-hydrogen) atoms. The quantitative estimate of drug-likeness (QED) is 0.519. The number of carbonyl (C=O) groups is 1. The van der Waals surface area contributed by atoms with Crippen molar-refractivity contribution in [3.8, 4) is 0 Å². The molecule has 0 unspecified atom stereocenters. The summed E-state index contributed by atoms with van der Waals surface area (Å²) >= 11 is 0. The van der Waals surface area contributed by atoms with Gasteiger partial charge in [0.1, 0.15) is 6.71 Å².